The Morgan fingerprint density at radius 2 is 2.31 bits per heavy atom. The molecule has 5 nitrogen and oxygen atoms in total. The summed E-state index contributed by atoms with van der Waals surface area (Å²) in [6, 6.07) is 1.62. The number of fused-ring (bicyclic) bond motifs is 1. The molecule has 82 valence electrons. The molecule has 3 rings (SSSR count). The lowest BCUT2D eigenvalue weighted by Crippen LogP contribution is -2.09. The zero-order chi connectivity index (χ0) is 11.3. The topological polar surface area (TPSA) is 67.5 Å². The van der Waals surface area contributed by atoms with E-state index < -0.39 is 5.97 Å². The highest BCUT2D eigenvalue weighted by Gasteiger charge is 2.27. The first kappa shape index (κ1) is 9.77. The number of aromatic nitrogens is 3. The molecular weight excluding hydrogens is 274 g/mol. The normalized spacial score (nSPS) is 15.6. The number of carbonyl (C=O) groups is 1. The number of hydrogen-bond donors (Lipinski definition) is 1. The molecule has 0 spiro atoms. The number of rotatable bonds is 2. The molecule has 1 N–H and O–H groups in total. The highest BCUT2D eigenvalue weighted by molar-refractivity contribution is 9.10. The molecular formula is C10H8BrN3O2. The number of halogens is 1. The summed E-state index contributed by atoms with van der Waals surface area (Å²) >= 11 is 3.32. The maximum Gasteiger partial charge on any atom is 0.354 e. The van der Waals surface area contributed by atoms with Crippen LogP contribution < -0.4 is 0 Å². The van der Waals surface area contributed by atoms with Crippen LogP contribution in [0.25, 0.3) is 5.65 Å². The van der Waals surface area contributed by atoms with Crippen molar-refractivity contribution in [3.63, 3.8) is 0 Å². The maximum absolute atomic E-state index is 11.1. The predicted octanol–water partition coefficient (Wildman–Crippen LogP) is 2.07. The zero-order valence-corrected chi connectivity index (χ0v) is 9.81. The van der Waals surface area contributed by atoms with E-state index in [0.29, 0.717) is 11.6 Å². The van der Waals surface area contributed by atoms with E-state index in [9.17, 15) is 4.79 Å². The van der Waals surface area contributed by atoms with E-state index in [4.69, 9.17) is 5.11 Å². The van der Waals surface area contributed by atoms with Gasteiger partial charge in [0.25, 0.3) is 0 Å². The minimum absolute atomic E-state index is 0.164. The number of hydrogen-bond acceptors (Lipinski definition) is 3. The quantitative estimate of drug-likeness (QED) is 0.915. The summed E-state index contributed by atoms with van der Waals surface area (Å²) in [6.45, 7) is 0. The highest BCUT2D eigenvalue weighted by Crippen LogP contribution is 2.39. The summed E-state index contributed by atoms with van der Waals surface area (Å²) in [4.78, 5) is 15.5. The van der Waals surface area contributed by atoms with E-state index in [1.807, 2.05) is 0 Å². The monoisotopic (exact) mass is 281 g/mol. The van der Waals surface area contributed by atoms with Crippen LogP contribution in [0.1, 0.15) is 34.9 Å². The Labute approximate surface area is 99.2 Å². The first-order valence-electron chi connectivity index (χ1n) is 4.94. The molecule has 0 atom stereocenters. The maximum atomic E-state index is 11.1. The summed E-state index contributed by atoms with van der Waals surface area (Å²) in [6.07, 6.45) is 3.74. The van der Waals surface area contributed by atoms with Crippen LogP contribution in [0.15, 0.2) is 16.7 Å². The average molecular weight is 282 g/mol. The standard InChI is InChI=1S/C10H8BrN3O2/c11-6-4-12-14-8(10(15)16)3-7(5-1-2-5)13-9(6)14/h3-5H,1-2H2,(H,15,16). The largest absolute Gasteiger partial charge is 0.477 e. The van der Waals surface area contributed by atoms with Gasteiger partial charge in [0.15, 0.2) is 11.3 Å². The van der Waals surface area contributed by atoms with Crippen LogP contribution >= 0.6 is 15.9 Å². The SMILES string of the molecule is O=C(O)c1cc(C2CC2)nc2c(Br)cnn12. The second-order valence-electron chi connectivity index (χ2n) is 3.87. The first-order valence-corrected chi connectivity index (χ1v) is 5.73. The molecule has 0 unspecified atom stereocenters. The predicted molar refractivity (Wildman–Crippen MR) is 59.6 cm³/mol. The lowest BCUT2D eigenvalue weighted by molar-refractivity contribution is 0.0687. The van der Waals surface area contributed by atoms with E-state index in [-0.39, 0.29) is 5.69 Å². The lowest BCUT2D eigenvalue weighted by Gasteiger charge is -2.03. The molecule has 16 heavy (non-hydrogen) atoms. The smallest absolute Gasteiger partial charge is 0.354 e. The van der Waals surface area contributed by atoms with Gasteiger partial charge in [0.1, 0.15) is 0 Å². The fraction of sp³-hybridized carbons (Fsp3) is 0.300. The third-order valence-corrected chi connectivity index (χ3v) is 3.22. The Balaban J connectivity index is 2.32. The molecule has 2 heterocycles. The first-order chi connectivity index (χ1) is 7.66. The van der Waals surface area contributed by atoms with Crippen LogP contribution in [-0.4, -0.2) is 25.7 Å². The van der Waals surface area contributed by atoms with Gasteiger partial charge in [0.2, 0.25) is 0 Å². The molecule has 1 fully saturated rings. The molecule has 0 aromatic carbocycles. The number of nitrogens with zero attached hydrogens (tertiary/aromatic N) is 3. The molecule has 0 aliphatic heterocycles. The number of carboxylic acid groups (broad SMARTS) is 1. The van der Waals surface area contributed by atoms with Crippen LogP contribution in [0, 0.1) is 0 Å². The summed E-state index contributed by atoms with van der Waals surface area (Å²) < 4.78 is 2.07. The second-order valence-corrected chi connectivity index (χ2v) is 4.73. The molecule has 1 aliphatic carbocycles. The molecule has 2 aromatic rings. The van der Waals surface area contributed by atoms with Crippen LogP contribution in [0.5, 0.6) is 0 Å². The van der Waals surface area contributed by atoms with Gasteiger partial charge in [-0.25, -0.2) is 14.3 Å². The number of carboxylic acids is 1. The third kappa shape index (κ3) is 1.41. The van der Waals surface area contributed by atoms with E-state index in [1.54, 1.807) is 12.3 Å². The molecule has 0 amide bonds. The summed E-state index contributed by atoms with van der Waals surface area (Å²) in [5.41, 5.74) is 1.59. The Bertz CT molecular complexity index is 589. The van der Waals surface area contributed by atoms with Gasteiger partial charge in [0, 0.05) is 11.6 Å². The van der Waals surface area contributed by atoms with Crippen molar-refractivity contribution in [1.29, 1.82) is 0 Å². The Kier molecular flexibility index (Phi) is 2.00. The average Bonchev–Trinajstić information content (AvgIpc) is 3.03. The third-order valence-electron chi connectivity index (χ3n) is 2.66. The highest BCUT2D eigenvalue weighted by atomic mass is 79.9. The van der Waals surface area contributed by atoms with Crippen molar-refractivity contribution in [2.45, 2.75) is 18.8 Å². The lowest BCUT2D eigenvalue weighted by atomic mass is 10.2. The van der Waals surface area contributed by atoms with E-state index in [2.05, 4.69) is 26.0 Å². The van der Waals surface area contributed by atoms with Crippen molar-refractivity contribution in [3.05, 3.63) is 28.1 Å². The minimum atomic E-state index is -0.982. The molecule has 0 saturated heterocycles. The summed E-state index contributed by atoms with van der Waals surface area (Å²) in [7, 11) is 0. The number of aromatic carboxylic acids is 1. The van der Waals surface area contributed by atoms with Gasteiger partial charge < -0.3 is 5.11 Å². The second kappa shape index (κ2) is 3.28. The molecule has 1 aliphatic rings. The van der Waals surface area contributed by atoms with Crippen LogP contribution in [-0.2, 0) is 0 Å². The van der Waals surface area contributed by atoms with Crippen molar-refractivity contribution in [3.8, 4) is 0 Å². The van der Waals surface area contributed by atoms with Crippen molar-refractivity contribution in [2.24, 2.45) is 0 Å². The molecule has 2 aromatic heterocycles. The van der Waals surface area contributed by atoms with Gasteiger partial charge in [-0.2, -0.15) is 5.10 Å². The van der Waals surface area contributed by atoms with Gasteiger partial charge in [-0.3, -0.25) is 0 Å². The Morgan fingerprint density at radius 3 is 2.94 bits per heavy atom. The molecule has 0 bridgehead atoms. The van der Waals surface area contributed by atoms with Gasteiger partial charge in [-0.15, -0.1) is 0 Å². The summed E-state index contributed by atoms with van der Waals surface area (Å²) in [5, 5.41) is 13.1. The molecule has 1 saturated carbocycles. The summed E-state index contributed by atoms with van der Waals surface area (Å²) in [5.74, 6) is -0.560. The van der Waals surface area contributed by atoms with Crippen LogP contribution in [0.3, 0.4) is 0 Å². The van der Waals surface area contributed by atoms with Crippen LogP contribution in [0.2, 0.25) is 0 Å². The van der Waals surface area contributed by atoms with Gasteiger partial charge >= 0.3 is 5.97 Å². The zero-order valence-electron chi connectivity index (χ0n) is 8.22. The van der Waals surface area contributed by atoms with Crippen molar-refractivity contribution in [2.75, 3.05) is 0 Å². The molecule has 0 radical (unpaired) electrons. The van der Waals surface area contributed by atoms with Crippen molar-refractivity contribution < 1.29 is 9.90 Å². The van der Waals surface area contributed by atoms with E-state index in [1.165, 1.54) is 4.52 Å². The fourth-order valence-electron chi connectivity index (χ4n) is 1.70. The van der Waals surface area contributed by atoms with Crippen LogP contribution in [0.4, 0.5) is 0 Å². The van der Waals surface area contributed by atoms with E-state index in [0.717, 1.165) is 23.0 Å². The minimum Gasteiger partial charge on any atom is -0.477 e. The van der Waals surface area contributed by atoms with Gasteiger partial charge in [-0.05, 0) is 34.8 Å². The Hall–Kier alpha value is -1.43. The fourth-order valence-corrected chi connectivity index (χ4v) is 2.04. The Morgan fingerprint density at radius 1 is 1.56 bits per heavy atom. The molecule has 6 heteroatoms. The van der Waals surface area contributed by atoms with Gasteiger partial charge in [-0.1, -0.05) is 0 Å². The van der Waals surface area contributed by atoms with E-state index >= 15 is 0 Å². The van der Waals surface area contributed by atoms with Crippen molar-refractivity contribution in [1.82, 2.24) is 14.6 Å². The van der Waals surface area contributed by atoms with Gasteiger partial charge in [0.05, 0.1) is 10.7 Å². The van der Waals surface area contributed by atoms with Crippen molar-refractivity contribution >= 4 is 27.5 Å².